The Balaban J connectivity index is 2.11. The number of carbonyl (C=O) groups excluding carboxylic acids is 2. The van der Waals surface area contributed by atoms with E-state index in [0.29, 0.717) is 6.42 Å². The standard InChI is InChI=1S/C16H20N2O9S2/c1-3-17(12-6-7-29(25,26)10-12)15(19)9-27-16(20)11-4-5-14(28(2,23)24)13(8-11)18(21)22/h4-5,8,12H,3,6-7,9-10H2,1-2H3/t12-/m1/s1. The molecule has 1 heterocycles. The molecule has 0 radical (unpaired) electrons. The zero-order valence-corrected chi connectivity index (χ0v) is 17.4. The van der Waals surface area contributed by atoms with Crippen LogP contribution in [0.5, 0.6) is 0 Å². The molecule has 1 aromatic carbocycles. The van der Waals surface area contributed by atoms with Gasteiger partial charge in [0.2, 0.25) is 0 Å². The Morgan fingerprint density at radius 1 is 1.34 bits per heavy atom. The molecular formula is C16H20N2O9S2. The zero-order chi connectivity index (χ0) is 22.0. The second-order valence-electron chi connectivity index (χ2n) is 6.52. The van der Waals surface area contributed by atoms with Gasteiger partial charge in [0.05, 0.1) is 22.0 Å². The third-order valence-electron chi connectivity index (χ3n) is 4.43. The lowest BCUT2D eigenvalue weighted by Gasteiger charge is -2.26. The van der Waals surface area contributed by atoms with E-state index in [2.05, 4.69) is 0 Å². The second kappa shape index (κ2) is 8.45. The number of rotatable bonds is 7. The molecule has 1 amide bonds. The number of amides is 1. The lowest BCUT2D eigenvalue weighted by Crippen LogP contribution is -2.43. The third kappa shape index (κ3) is 5.50. The fourth-order valence-electron chi connectivity index (χ4n) is 3.05. The summed E-state index contributed by atoms with van der Waals surface area (Å²) in [6, 6.07) is 2.25. The largest absolute Gasteiger partial charge is 0.452 e. The Kier molecular flexibility index (Phi) is 6.63. The molecule has 1 aromatic rings. The molecular weight excluding hydrogens is 428 g/mol. The topological polar surface area (TPSA) is 158 Å². The van der Waals surface area contributed by atoms with Crippen LogP contribution >= 0.6 is 0 Å². The van der Waals surface area contributed by atoms with Crippen molar-refractivity contribution in [1.82, 2.24) is 4.90 Å². The molecule has 1 saturated heterocycles. The van der Waals surface area contributed by atoms with E-state index in [1.807, 2.05) is 0 Å². The molecule has 0 bridgehead atoms. The van der Waals surface area contributed by atoms with Crippen molar-refractivity contribution in [2.24, 2.45) is 0 Å². The highest BCUT2D eigenvalue weighted by molar-refractivity contribution is 7.91. The minimum atomic E-state index is -3.88. The summed E-state index contributed by atoms with van der Waals surface area (Å²) >= 11 is 0. The Labute approximate surface area is 167 Å². The highest BCUT2D eigenvalue weighted by Gasteiger charge is 2.34. The summed E-state index contributed by atoms with van der Waals surface area (Å²) in [6.45, 7) is 1.22. The summed E-state index contributed by atoms with van der Waals surface area (Å²) in [7, 11) is -7.09. The van der Waals surface area contributed by atoms with Crippen LogP contribution in [0.2, 0.25) is 0 Å². The van der Waals surface area contributed by atoms with Gasteiger partial charge in [-0.3, -0.25) is 14.9 Å². The summed E-state index contributed by atoms with van der Waals surface area (Å²) in [4.78, 5) is 35.4. The van der Waals surface area contributed by atoms with Gasteiger partial charge in [-0.1, -0.05) is 0 Å². The van der Waals surface area contributed by atoms with Crippen LogP contribution < -0.4 is 0 Å². The maximum Gasteiger partial charge on any atom is 0.338 e. The molecule has 29 heavy (non-hydrogen) atoms. The van der Waals surface area contributed by atoms with Gasteiger partial charge in [-0.05, 0) is 25.5 Å². The predicted molar refractivity (Wildman–Crippen MR) is 101 cm³/mol. The SMILES string of the molecule is CCN(C(=O)COC(=O)c1ccc(S(C)(=O)=O)c([N+](=O)[O-])c1)[C@@H]1CCS(=O)(=O)C1. The van der Waals surface area contributed by atoms with Crippen LogP contribution in [0.3, 0.4) is 0 Å². The summed E-state index contributed by atoms with van der Waals surface area (Å²) in [5.41, 5.74) is -1.07. The van der Waals surface area contributed by atoms with Crippen molar-refractivity contribution in [3.8, 4) is 0 Å². The number of sulfone groups is 2. The van der Waals surface area contributed by atoms with Gasteiger partial charge in [0.25, 0.3) is 11.6 Å². The zero-order valence-electron chi connectivity index (χ0n) is 15.7. The van der Waals surface area contributed by atoms with Gasteiger partial charge >= 0.3 is 5.97 Å². The fourth-order valence-corrected chi connectivity index (χ4v) is 5.61. The average Bonchev–Trinajstić information content (AvgIpc) is 2.98. The Morgan fingerprint density at radius 3 is 2.48 bits per heavy atom. The monoisotopic (exact) mass is 448 g/mol. The Bertz CT molecular complexity index is 1050. The smallest absolute Gasteiger partial charge is 0.338 e. The maximum absolute atomic E-state index is 12.3. The molecule has 13 heteroatoms. The molecule has 0 saturated carbocycles. The molecule has 11 nitrogen and oxygen atoms in total. The van der Waals surface area contributed by atoms with E-state index >= 15 is 0 Å². The molecule has 0 aromatic heterocycles. The quantitative estimate of drug-likeness (QED) is 0.322. The van der Waals surface area contributed by atoms with Crippen LogP contribution in [-0.2, 0) is 29.2 Å². The van der Waals surface area contributed by atoms with Gasteiger partial charge in [0, 0.05) is 24.9 Å². The maximum atomic E-state index is 12.3. The number of hydrogen-bond acceptors (Lipinski definition) is 9. The average molecular weight is 448 g/mol. The predicted octanol–water partition coefficient (Wildman–Crippen LogP) is 0.191. The molecule has 0 unspecified atom stereocenters. The molecule has 160 valence electrons. The van der Waals surface area contributed by atoms with E-state index in [1.165, 1.54) is 4.90 Å². The van der Waals surface area contributed by atoms with Crippen molar-refractivity contribution in [3.05, 3.63) is 33.9 Å². The molecule has 2 rings (SSSR count). The van der Waals surface area contributed by atoms with E-state index in [4.69, 9.17) is 4.74 Å². The fraction of sp³-hybridized carbons (Fsp3) is 0.500. The van der Waals surface area contributed by atoms with Crippen molar-refractivity contribution >= 4 is 37.2 Å². The van der Waals surface area contributed by atoms with E-state index < -0.39 is 59.7 Å². The summed E-state index contributed by atoms with van der Waals surface area (Å²) in [5, 5.41) is 11.1. The normalized spacial score (nSPS) is 18.2. The first-order chi connectivity index (χ1) is 13.4. The molecule has 1 fully saturated rings. The lowest BCUT2D eigenvalue weighted by atomic mass is 10.2. The highest BCUT2D eigenvalue weighted by atomic mass is 32.2. The first-order valence-electron chi connectivity index (χ1n) is 8.51. The van der Waals surface area contributed by atoms with Crippen molar-refractivity contribution in [3.63, 3.8) is 0 Å². The molecule has 0 aliphatic carbocycles. The number of benzene rings is 1. The number of nitro groups is 1. The van der Waals surface area contributed by atoms with Gasteiger partial charge < -0.3 is 9.64 Å². The van der Waals surface area contributed by atoms with Gasteiger partial charge in [-0.25, -0.2) is 21.6 Å². The van der Waals surface area contributed by atoms with E-state index in [1.54, 1.807) is 6.92 Å². The van der Waals surface area contributed by atoms with Crippen LogP contribution in [-0.4, -0.2) is 75.5 Å². The highest BCUT2D eigenvalue weighted by Crippen LogP contribution is 2.25. The van der Waals surface area contributed by atoms with Crippen molar-refractivity contribution in [2.75, 3.05) is 30.9 Å². The van der Waals surface area contributed by atoms with Crippen LogP contribution in [0.25, 0.3) is 0 Å². The van der Waals surface area contributed by atoms with Crippen molar-refractivity contribution < 1.29 is 36.1 Å². The number of nitrogens with zero attached hydrogens (tertiary/aromatic N) is 2. The number of hydrogen-bond donors (Lipinski definition) is 0. The van der Waals surface area contributed by atoms with Crippen LogP contribution in [0.1, 0.15) is 23.7 Å². The number of ether oxygens (including phenoxy) is 1. The van der Waals surface area contributed by atoms with Crippen LogP contribution in [0.4, 0.5) is 5.69 Å². The number of esters is 1. The van der Waals surface area contributed by atoms with Gasteiger partial charge in [-0.2, -0.15) is 0 Å². The van der Waals surface area contributed by atoms with Crippen molar-refractivity contribution in [1.29, 1.82) is 0 Å². The van der Waals surface area contributed by atoms with Crippen LogP contribution in [0, 0.1) is 10.1 Å². The van der Waals surface area contributed by atoms with Gasteiger partial charge in [0.1, 0.15) is 4.90 Å². The van der Waals surface area contributed by atoms with E-state index in [9.17, 15) is 36.5 Å². The van der Waals surface area contributed by atoms with Crippen LogP contribution in [0.15, 0.2) is 23.1 Å². The number of carbonyl (C=O) groups is 2. The number of likely N-dealkylation sites (N-methyl/N-ethyl adjacent to an activating group) is 1. The lowest BCUT2D eigenvalue weighted by molar-refractivity contribution is -0.387. The minimum Gasteiger partial charge on any atom is -0.452 e. The summed E-state index contributed by atoms with van der Waals surface area (Å²) < 4.78 is 51.3. The molecule has 1 aliphatic heterocycles. The molecule has 0 N–H and O–H groups in total. The first-order valence-corrected chi connectivity index (χ1v) is 12.2. The van der Waals surface area contributed by atoms with Crippen molar-refractivity contribution in [2.45, 2.75) is 24.3 Å². The van der Waals surface area contributed by atoms with Gasteiger partial charge in [0.15, 0.2) is 26.3 Å². The minimum absolute atomic E-state index is 0.0163. The molecule has 0 spiro atoms. The molecule has 1 atom stereocenters. The summed E-state index contributed by atoms with van der Waals surface area (Å²) in [6.07, 6.45) is 1.10. The number of nitro benzene ring substituents is 1. The molecule has 1 aliphatic rings. The third-order valence-corrected chi connectivity index (χ3v) is 7.32. The summed E-state index contributed by atoms with van der Waals surface area (Å²) in [5.74, 6) is -1.81. The second-order valence-corrected chi connectivity index (χ2v) is 10.7. The van der Waals surface area contributed by atoms with E-state index in [-0.39, 0.29) is 23.6 Å². The first kappa shape index (κ1) is 22.7. The van der Waals surface area contributed by atoms with Gasteiger partial charge in [-0.15, -0.1) is 0 Å². The Morgan fingerprint density at radius 2 is 2.00 bits per heavy atom. The Hall–Kier alpha value is -2.54. The van der Waals surface area contributed by atoms with E-state index in [0.717, 1.165) is 24.5 Å².